The van der Waals surface area contributed by atoms with Gasteiger partial charge in [0.15, 0.2) is 6.04 Å². The quantitative estimate of drug-likeness (QED) is 0.698. The molecule has 0 amide bonds. The predicted molar refractivity (Wildman–Crippen MR) is 54.3 cm³/mol. The van der Waals surface area contributed by atoms with Crippen LogP contribution < -0.4 is 15.5 Å². The van der Waals surface area contributed by atoms with Crippen molar-refractivity contribution in [1.29, 1.82) is 5.41 Å². The maximum Gasteiger partial charge on any atom is 0.264 e. The molecule has 0 saturated carbocycles. The van der Waals surface area contributed by atoms with Crippen molar-refractivity contribution in [3.05, 3.63) is 47.6 Å². The van der Waals surface area contributed by atoms with Crippen LogP contribution >= 0.6 is 0 Å². The second-order valence-corrected chi connectivity index (χ2v) is 3.57. The molecule has 5 heteroatoms. The van der Waals surface area contributed by atoms with Gasteiger partial charge in [0.05, 0.1) is 0 Å². The summed E-state index contributed by atoms with van der Waals surface area (Å²) in [5, 5.41) is 20.2. The number of nitrogens with one attached hydrogen (secondary N) is 1. The molecule has 0 saturated heterocycles. The van der Waals surface area contributed by atoms with Gasteiger partial charge < -0.3 is 9.63 Å². The van der Waals surface area contributed by atoms with Gasteiger partial charge in [-0.2, -0.15) is 0 Å². The van der Waals surface area contributed by atoms with Gasteiger partial charge in [-0.25, -0.2) is 4.68 Å². The van der Waals surface area contributed by atoms with Crippen molar-refractivity contribution in [2.45, 2.75) is 12.5 Å². The van der Waals surface area contributed by atoms with Gasteiger partial charge in [-0.3, -0.25) is 10.7 Å². The van der Waals surface area contributed by atoms with E-state index in [1.807, 2.05) is 30.3 Å². The Morgan fingerprint density at radius 3 is 2.69 bits per heavy atom. The van der Waals surface area contributed by atoms with E-state index in [0.717, 1.165) is 5.56 Å². The van der Waals surface area contributed by atoms with Crippen LogP contribution in [0.1, 0.15) is 11.6 Å². The van der Waals surface area contributed by atoms with Gasteiger partial charge in [0.1, 0.15) is 6.61 Å². The molecule has 5 nitrogen and oxygen atoms in total. The number of benzene rings is 1. The molecule has 16 heavy (non-hydrogen) atoms. The maximum absolute atomic E-state index is 9.29. The first-order valence-electron chi connectivity index (χ1n) is 5.04. The SMILES string of the molecule is N=c1c[n+](C(CO)Cc2ccccc2)[n-]o1. The van der Waals surface area contributed by atoms with Crippen LogP contribution in [0.25, 0.3) is 0 Å². The highest BCUT2D eigenvalue weighted by Crippen LogP contribution is 2.06. The molecule has 1 aromatic heterocycles. The topological polar surface area (TPSA) is 75.2 Å². The normalized spacial score (nSPS) is 12.6. The summed E-state index contributed by atoms with van der Waals surface area (Å²) < 4.78 is 6.13. The maximum atomic E-state index is 9.29. The molecule has 0 aliphatic rings. The summed E-state index contributed by atoms with van der Waals surface area (Å²) >= 11 is 0. The summed E-state index contributed by atoms with van der Waals surface area (Å²) in [5.74, 6) is 0. The van der Waals surface area contributed by atoms with Gasteiger partial charge in [-0.1, -0.05) is 30.3 Å². The zero-order valence-corrected chi connectivity index (χ0v) is 8.71. The van der Waals surface area contributed by atoms with Crippen LogP contribution in [0.4, 0.5) is 0 Å². The van der Waals surface area contributed by atoms with Crippen LogP contribution in [-0.2, 0) is 6.42 Å². The predicted octanol–water partition coefficient (Wildman–Crippen LogP) is -0.220. The fraction of sp³-hybridized carbons (Fsp3) is 0.273. The monoisotopic (exact) mass is 219 g/mol. The van der Waals surface area contributed by atoms with Gasteiger partial charge in [0, 0.05) is 6.42 Å². The molecule has 0 radical (unpaired) electrons. The van der Waals surface area contributed by atoms with Crippen molar-refractivity contribution < 1.29 is 14.3 Å². The number of aromatic nitrogens is 2. The largest absolute Gasteiger partial charge is 0.487 e. The minimum Gasteiger partial charge on any atom is -0.487 e. The molecule has 2 aromatic rings. The molecule has 84 valence electrons. The number of hydrogen-bond acceptors (Lipinski definition) is 3. The number of hydrogen-bond donors (Lipinski definition) is 2. The molecule has 1 atom stereocenters. The van der Waals surface area contributed by atoms with Gasteiger partial charge in [-0.05, 0) is 5.56 Å². The third kappa shape index (κ3) is 2.38. The van der Waals surface area contributed by atoms with E-state index in [0.29, 0.717) is 6.42 Å². The molecule has 0 spiro atoms. The minimum absolute atomic E-state index is 0.00786. The summed E-state index contributed by atoms with van der Waals surface area (Å²) in [7, 11) is 0. The van der Waals surface area contributed by atoms with Crippen LogP contribution in [-0.4, -0.2) is 11.7 Å². The second-order valence-electron chi connectivity index (χ2n) is 3.57. The van der Waals surface area contributed by atoms with Crippen LogP contribution in [0.2, 0.25) is 0 Å². The second kappa shape index (κ2) is 4.76. The molecule has 0 bridgehead atoms. The van der Waals surface area contributed by atoms with Crippen molar-refractivity contribution >= 4 is 0 Å². The molecular formula is C11H13N3O2. The Labute approximate surface area is 92.4 Å². The van der Waals surface area contributed by atoms with E-state index in [2.05, 4.69) is 9.79 Å². The Morgan fingerprint density at radius 2 is 2.12 bits per heavy atom. The first-order valence-corrected chi connectivity index (χ1v) is 5.04. The minimum atomic E-state index is -0.190. The molecule has 0 aliphatic heterocycles. The Bertz CT molecular complexity index is 489. The lowest BCUT2D eigenvalue weighted by Gasteiger charge is -2.10. The van der Waals surface area contributed by atoms with E-state index in [-0.39, 0.29) is 18.2 Å². The van der Waals surface area contributed by atoms with Crippen molar-refractivity contribution in [2.24, 2.45) is 0 Å². The summed E-state index contributed by atoms with van der Waals surface area (Å²) in [5.41, 5.74) is 1.11. The average molecular weight is 219 g/mol. The molecule has 1 heterocycles. The lowest BCUT2D eigenvalue weighted by molar-refractivity contribution is -0.791. The van der Waals surface area contributed by atoms with Crippen LogP contribution in [0.3, 0.4) is 0 Å². The lowest BCUT2D eigenvalue weighted by atomic mass is 10.1. The van der Waals surface area contributed by atoms with Crippen molar-refractivity contribution in [3.63, 3.8) is 0 Å². The van der Waals surface area contributed by atoms with Crippen molar-refractivity contribution in [1.82, 2.24) is 5.27 Å². The zero-order chi connectivity index (χ0) is 11.4. The van der Waals surface area contributed by atoms with E-state index in [4.69, 9.17) is 5.41 Å². The Balaban J connectivity index is 2.15. The Morgan fingerprint density at radius 1 is 1.38 bits per heavy atom. The highest BCUT2D eigenvalue weighted by molar-refractivity contribution is 5.14. The van der Waals surface area contributed by atoms with E-state index in [1.54, 1.807) is 0 Å². The van der Waals surface area contributed by atoms with Gasteiger partial charge in [0.2, 0.25) is 6.20 Å². The fourth-order valence-electron chi connectivity index (χ4n) is 1.56. The van der Waals surface area contributed by atoms with Gasteiger partial charge in [0.25, 0.3) is 5.55 Å². The van der Waals surface area contributed by atoms with E-state index < -0.39 is 0 Å². The van der Waals surface area contributed by atoms with Crippen molar-refractivity contribution in [3.8, 4) is 0 Å². The van der Waals surface area contributed by atoms with E-state index in [1.165, 1.54) is 10.9 Å². The van der Waals surface area contributed by atoms with Gasteiger partial charge >= 0.3 is 0 Å². The van der Waals surface area contributed by atoms with Crippen LogP contribution in [0, 0.1) is 5.41 Å². The molecule has 0 aliphatic carbocycles. The standard InChI is InChI=1S/C11H13N3O2/c12-11-7-14(13-16-11)10(8-15)6-9-4-2-1-3-5-9/h1-5,7,10,12,15H,6,8H2. The first kappa shape index (κ1) is 10.6. The number of aliphatic hydroxyl groups is 1. The molecule has 1 aromatic carbocycles. The van der Waals surface area contributed by atoms with E-state index >= 15 is 0 Å². The summed E-state index contributed by atoms with van der Waals surface area (Å²) in [6.45, 7) is -0.0362. The molecule has 0 fully saturated rings. The highest BCUT2D eigenvalue weighted by atomic mass is 16.5. The van der Waals surface area contributed by atoms with Gasteiger partial charge in [-0.15, -0.1) is 0 Å². The third-order valence-electron chi connectivity index (χ3n) is 2.38. The smallest absolute Gasteiger partial charge is 0.264 e. The summed E-state index contributed by atoms with van der Waals surface area (Å²) in [6, 6.07) is 9.64. The number of aliphatic hydroxyl groups excluding tert-OH is 1. The van der Waals surface area contributed by atoms with Crippen molar-refractivity contribution in [2.75, 3.05) is 6.61 Å². The van der Waals surface area contributed by atoms with Crippen LogP contribution in [0.15, 0.2) is 41.1 Å². The summed E-state index contributed by atoms with van der Waals surface area (Å²) in [6.07, 6.45) is 2.12. The fourth-order valence-corrected chi connectivity index (χ4v) is 1.56. The molecule has 2 rings (SSSR count). The summed E-state index contributed by atoms with van der Waals surface area (Å²) in [4.78, 5) is 0. The Hall–Kier alpha value is -1.88. The first-order chi connectivity index (χ1) is 7.79. The molecular weight excluding hydrogens is 206 g/mol. The zero-order valence-electron chi connectivity index (χ0n) is 8.71. The molecule has 1 unspecified atom stereocenters. The third-order valence-corrected chi connectivity index (χ3v) is 2.38. The Kier molecular flexibility index (Phi) is 3.16. The average Bonchev–Trinajstić information content (AvgIpc) is 2.74. The highest BCUT2D eigenvalue weighted by Gasteiger charge is 2.15. The number of nitrogens with zero attached hydrogens (tertiary/aromatic N) is 2. The lowest BCUT2D eigenvalue weighted by Crippen LogP contribution is -2.45. The molecule has 2 N–H and O–H groups in total. The van der Waals surface area contributed by atoms with Crippen LogP contribution in [0.5, 0.6) is 0 Å². The van der Waals surface area contributed by atoms with E-state index in [9.17, 15) is 5.11 Å². The number of rotatable bonds is 4.